The monoisotopic (exact) mass is 560 g/mol. The molecule has 11 nitrogen and oxygen atoms in total. The Morgan fingerprint density at radius 1 is 1.02 bits per heavy atom. The second-order valence-corrected chi connectivity index (χ2v) is 10.0. The highest BCUT2D eigenvalue weighted by molar-refractivity contribution is 6.22. The lowest BCUT2D eigenvalue weighted by atomic mass is 9.84. The summed E-state index contributed by atoms with van der Waals surface area (Å²) >= 11 is 0. The Balaban J connectivity index is 2.62. The minimum Gasteiger partial charge on any atom is -0.439 e. The van der Waals surface area contributed by atoms with Crippen molar-refractivity contribution in [1.29, 1.82) is 0 Å². The van der Waals surface area contributed by atoms with Crippen molar-refractivity contribution >= 4 is 23.6 Å². The number of methoxy groups -OCH3 is 3. The first-order valence-electron chi connectivity index (χ1n) is 12.9. The van der Waals surface area contributed by atoms with Crippen molar-refractivity contribution in [3.8, 4) is 0 Å². The van der Waals surface area contributed by atoms with Gasteiger partial charge in [0.05, 0.1) is 24.0 Å². The van der Waals surface area contributed by atoms with Crippen molar-refractivity contribution in [3.05, 3.63) is 58.9 Å². The van der Waals surface area contributed by atoms with Crippen LogP contribution in [-0.2, 0) is 33.3 Å². The maximum Gasteiger partial charge on any atom is 0.405 e. The van der Waals surface area contributed by atoms with E-state index >= 15 is 0 Å². The highest BCUT2D eigenvalue weighted by atomic mass is 16.6. The fraction of sp³-hybridized carbons (Fsp3) is 0.517. The number of fused-ring (bicyclic) bond motifs is 2. The molecular formula is C29H40N2O9. The minimum absolute atomic E-state index is 0.0970. The van der Waals surface area contributed by atoms with Crippen LogP contribution in [0.5, 0.6) is 0 Å². The van der Waals surface area contributed by atoms with Crippen LogP contribution in [0, 0.1) is 11.8 Å². The standard InChI is InChI=1S/C29H40N2O9/c1-15-9-8-10-22(37-5)27(40-29(30)36)17(3)11-16(2)24(33)23(38-6)12-18(4)26(39-7)20-13-19(32)14-21(25(20)34)31-28(15)35/h8-11,13-14,16,18,22-24,26-27,33H,12H2,1-7H3,(H2,30,36)(H,31,35)/b10-8-,15-9+,17-11+/t16-,18-,22+,23+,24+,26-,27+/m1/s1. The summed E-state index contributed by atoms with van der Waals surface area (Å²) in [7, 11) is 4.31. The van der Waals surface area contributed by atoms with Crippen LogP contribution in [0.2, 0.25) is 0 Å². The molecule has 0 saturated carbocycles. The van der Waals surface area contributed by atoms with Crippen LogP contribution in [0.25, 0.3) is 0 Å². The Morgan fingerprint density at radius 2 is 1.70 bits per heavy atom. The molecule has 0 aromatic heterocycles. The summed E-state index contributed by atoms with van der Waals surface area (Å²) in [6, 6.07) is 0. The van der Waals surface area contributed by atoms with Crippen molar-refractivity contribution in [3.63, 3.8) is 0 Å². The van der Waals surface area contributed by atoms with Crippen molar-refractivity contribution < 1.29 is 43.2 Å². The third-order valence-corrected chi connectivity index (χ3v) is 7.04. The summed E-state index contributed by atoms with van der Waals surface area (Å²) in [6.07, 6.45) is 3.68. The number of nitrogens with two attached hydrogens (primary N) is 1. The first-order chi connectivity index (χ1) is 18.8. The maximum absolute atomic E-state index is 13.3. The molecule has 0 saturated heterocycles. The van der Waals surface area contributed by atoms with Crippen molar-refractivity contribution in [2.45, 2.75) is 64.6 Å². The second-order valence-electron chi connectivity index (χ2n) is 10.0. The summed E-state index contributed by atoms with van der Waals surface area (Å²) in [5.41, 5.74) is 6.06. The zero-order valence-corrected chi connectivity index (χ0v) is 24.0. The van der Waals surface area contributed by atoms with E-state index in [0.29, 0.717) is 5.57 Å². The Morgan fingerprint density at radius 3 is 2.27 bits per heavy atom. The summed E-state index contributed by atoms with van der Waals surface area (Å²) in [5.74, 6) is -2.44. The first kappa shape index (κ1) is 32.8. The number of aliphatic hydroxyl groups excluding tert-OH is 1. The molecule has 0 aromatic rings. The van der Waals surface area contributed by atoms with Gasteiger partial charge in [-0.15, -0.1) is 0 Å². The van der Waals surface area contributed by atoms with E-state index in [1.165, 1.54) is 46.5 Å². The Labute approximate surface area is 234 Å². The molecule has 0 radical (unpaired) electrons. The predicted molar refractivity (Wildman–Crippen MR) is 147 cm³/mol. The number of aliphatic hydroxyl groups is 1. The third-order valence-electron chi connectivity index (χ3n) is 7.04. The Kier molecular flexibility index (Phi) is 12.2. The van der Waals surface area contributed by atoms with E-state index in [9.17, 15) is 24.3 Å². The molecule has 2 amide bonds. The van der Waals surface area contributed by atoms with Crippen molar-refractivity contribution in [1.82, 2.24) is 5.32 Å². The van der Waals surface area contributed by atoms with Gasteiger partial charge in [-0.1, -0.05) is 38.2 Å². The van der Waals surface area contributed by atoms with Gasteiger partial charge in [0.1, 0.15) is 6.10 Å². The van der Waals surface area contributed by atoms with Crippen LogP contribution in [0.4, 0.5) is 4.79 Å². The van der Waals surface area contributed by atoms with E-state index in [1.54, 1.807) is 26.0 Å². The SMILES string of the molecule is CO[C@H]1/C=C\C=C(/C)C(=O)NC2=CC(=O)C=C(C2=O)[C@H](OC)[C@H](C)C[C@H](OC)[C@@H](O)[C@H](C)/C=C(\C)[C@@H]1OC(N)=O. The molecule has 4 N–H and O–H groups in total. The maximum atomic E-state index is 13.3. The molecule has 1 heterocycles. The van der Waals surface area contributed by atoms with Gasteiger partial charge in [0, 0.05) is 44.5 Å². The summed E-state index contributed by atoms with van der Waals surface area (Å²) < 4.78 is 22.1. The lowest BCUT2D eigenvalue weighted by molar-refractivity contribution is -0.120. The normalized spacial score (nSPS) is 34.4. The zero-order valence-electron chi connectivity index (χ0n) is 24.0. The van der Waals surface area contributed by atoms with Gasteiger partial charge in [0.15, 0.2) is 11.9 Å². The smallest absolute Gasteiger partial charge is 0.405 e. The molecule has 40 heavy (non-hydrogen) atoms. The number of hydrogen-bond donors (Lipinski definition) is 3. The molecule has 0 unspecified atom stereocenters. The lowest BCUT2D eigenvalue weighted by Crippen LogP contribution is -2.40. The lowest BCUT2D eigenvalue weighted by Gasteiger charge is -2.32. The molecule has 1 aliphatic heterocycles. The van der Waals surface area contributed by atoms with Gasteiger partial charge < -0.3 is 35.1 Å². The van der Waals surface area contributed by atoms with E-state index in [4.69, 9.17) is 24.7 Å². The predicted octanol–water partition coefficient (Wildman–Crippen LogP) is 2.06. The van der Waals surface area contributed by atoms with E-state index < -0.39 is 60.0 Å². The van der Waals surface area contributed by atoms with Crippen LogP contribution in [-0.4, -0.2) is 80.5 Å². The molecule has 0 fully saturated rings. The summed E-state index contributed by atoms with van der Waals surface area (Å²) in [5, 5.41) is 13.7. The topological polar surface area (TPSA) is 163 Å². The molecule has 0 spiro atoms. The molecule has 1 aliphatic carbocycles. The summed E-state index contributed by atoms with van der Waals surface area (Å²) in [4.78, 5) is 50.4. The molecule has 2 aliphatic rings. The zero-order chi connectivity index (χ0) is 30.1. The highest BCUT2D eigenvalue weighted by Crippen LogP contribution is 2.29. The number of allylic oxidation sites excluding steroid dienone is 5. The van der Waals surface area contributed by atoms with Gasteiger partial charge in [-0.2, -0.15) is 0 Å². The number of carbonyl (C=O) groups excluding carboxylic acids is 4. The number of carbonyl (C=O) groups is 4. The number of hydrogen-bond acceptors (Lipinski definition) is 9. The van der Waals surface area contributed by atoms with Crippen LogP contribution >= 0.6 is 0 Å². The van der Waals surface area contributed by atoms with Gasteiger partial charge in [0.25, 0.3) is 5.91 Å². The highest BCUT2D eigenvalue weighted by Gasteiger charge is 2.35. The largest absolute Gasteiger partial charge is 0.439 e. The Bertz CT molecular complexity index is 1130. The number of Topliss-reactive ketones (excluding diaryl/α,β-unsaturated/α-hetero) is 1. The van der Waals surface area contributed by atoms with E-state index in [-0.39, 0.29) is 29.2 Å². The fourth-order valence-corrected chi connectivity index (χ4v) is 4.86. The van der Waals surface area contributed by atoms with Crippen molar-refractivity contribution in [2.24, 2.45) is 17.6 Å². The van der Waals surface area contributed by atoms with Crippen molar-refractivity contribution in [2.75, 3.05) is 21.3 Å². The average molecular weight is 561 g/mol. The Hall–Kier alpha value is -3.38. The summed E-state index contributed by atoms with van der Waals surface area (Å²) in [6.45, 7) is 6.86. The van der Waals surface area contributed by atoms with Gasteiger partial charge in [0.2, 0.25) is 5.78 Å². The molecule has 0 aromatic carbocycles. The number of nitrogens with one attached hydrogen (secondary N) is 1. The van der Waals surface area contributed by atoms with Gasteiger partial charge >= 0.3 is 6.09 Å². The van der Waals surface area contributed by atoms with Gasteiger partial charge in [-0.05, 0) is 37.8 Å². The molecule has 7 atom stereocenters. The number of amides is 2. The number of ketones is 2. The van der Waals surface area contributed by atoms with Crippen LogP contribution in [0.1, 0.15) is 34.1 Å². The average Bonchev–Trinajstić information content (AvgIpc) is 2.90. The first-order valence-corrected chi connectivity index (χ1v) is 12.9. The van der Waals surface area contributed by atoms with E-state index in [1.807, 2.05) is 6.92 Å². The minimum atomic E-state index is -1.01. The third kappa shape index (κ3) is 8.31. The van der Waals surface area contributed by atoms with E-state index in [2.05, 4.69) is 5.32 Å². The van der Waals surface area contributed by atoms with Gasteiger partial charge in [-0.3, -0.25) is 14.4 Å². The molecular weight excluding hydrogens is 520 g/mol. The van der Waals surface area contributed by atoms with Crippen LogP contribution < -0.4 is 11.1 Å². The van der Waals surface area contributed by atoms with E-state index in [0.717, 1.165) is 6.08 Å². The fourth-order valence-electron chi connectivity index (χ4n) is 4.86. The number of rotatable bonds is 4. The quantitative estimate of drug-likeness (QED) is 0.345. The number of primary amides is 1. The molecule has 2 bridgehead atoms. The van der Waals surface area contributed by atoms with Crippen LogP contribution in [0.15, 0.2) is 58.9 Å². The molecule has 220 valence electrons. The molecule has 11 heteroatoms. The molecule has 2 rings (SSSR count). The van der Waals surface area contributed by atoms with Gasteiger partial charge in [-0.25, -0.2) is 4.79 Å². The number of ether oxygens (including phenoxy) is 4. The van der Waals surface area contributed by atoms with Crippen LogP contribution in [0.3, 0.4) is 0 Å². The second kappa shape index (κ2) is 14.8.